The van der Waals surface area contributed by atoms with Gasteiger partial charge in [0.1, 0.15) is 0 Å². The number of hydrogen-bond donors (Lipinski definition) is 2. The summed E-state index contributed by atoms with van der Waals surface area (Å²) < 4.78 is 4.85. The molecular formula is C9H14N4O2S. The number of thiocarbonyl (C=S) groups is 1. The molecule has 0 aliphatic rings. The monoisotopic (exact) mass is 242 g/mol. The van der Waals surface area contributed by atoms with Gasteiger partial charge < -0.3 is 15.6 Å². The summed E-state index contributed by atoms with van der Waals surface area (Å²) >= 11 is 4.79. The lowest BCUT2D eigenvalue weighted by Crippen LogP contribution is -2.37. The second-order valence-corrected chi connectivity index (χ2v) is 3.79. The molecule has 0 fully saturated rings. The molecule has 0 spiro atoms. The lowest BCUT2D eigenvalue weighted by molar-refractivity contribution is -0.123. The van der Waals surface area contributed by atoms with Crippen LogP contribution < -0.4 is 11.1 Å². The molecule has 3 N–H and O–H groups in total. The Balaban J connectivity index is 2.49. The smallest absolute Gasteiger partial charge is 0.246 e. The molecule has 1 amide bonds. The lowest BCUT2D eigenvalue weighted by Gasteiger charge is -2.11. The number of carbonyl (C=O) groups excluding carboxylic acids is 1. The maximum Gasteiger partial charge on any atom is 0.246 e. The van der Waals surface area contributed by atoms with Gasteiger partial charge in [-0.3, -0.25) is 4.79 Å². The minimum Gasteiger partial charge on any atom is -0.393 e. The average molecular weight is 242 g/mol. The Kier molecular flexibility index (Phi) is 4.36. The molecule has 1 aromatic rings. The number of aromatic nitrogens is 2. The Morgan fingerprint density at radius 3 is 2.81 bits per heavy atom. The van der Waals surface area contributed by atoms with E-state index in [0.717, 1.165) is 0 Å². The van der Waals surface area contributed by atoms with Crippen molar-refractivity contribution < 1.29 is 9.32 Å². The standard InChI is InChI=1S/C9H14N4O2S/c1-3-6(8(10)16)9(14)11-4-7-12-5(2)13-15-7/h6H,3-4H2,1-2H3,(H2,10,16)(H,11,14). The van der Waals surface area contributed by atoms with Crippen LogP contribution in [0.4, 0.5) is 0 Å². The van der Waals surface area contributed by atoms with Gasteiger partial charge in [0.15, 0.2) is 5.82 Å². The average Bonchev–Trinajstić information content (AvgIpc) is 2.62. The third-order valence-electron chi connectivity index (χ3n) is 2.05. The van der Waals surface area contributed by atoms with Crippen LogP contribution in [0.3, 0.4) is 0 Å². The highest BCUT2D eigenvalue weighted by Gasteiger charge is 2.19. The predicted molar refractivity (Wildman–Crippen MR) is 61.4 cm³/mol. The van der Waals surface area contributed by atoms with Gasteiger partial charge in [0.2, 0.25) is 11.8 Å². The number of hydrogen-bond acceptors (Lipinski definition) is 5. The first-order chi connectivity index (χ1) is 7.54. The van der Waals surface area contributed by atoms with E-state index in [1.807, 2.05) is 6.92 Å². The van der Waals surface area contributed by atoms with E-state index in [1.54, 1.807) is 6.92 Å². The maximum atomic E-state index is 11.6. The highest BCUT2D eigenvalue weighted by molar-refractivity contribution is 7.80. The first-order valence-electron chi connectivity index (χ1n) is 4.90. The molecule has 0 saturated carbocycles. The zero-order valence-corrected chi connectivity index (χ0v) is 10.0. The normalized spacial score (nSPS) is 12.1. The summed E-state index contributed by atoms with van der Waals surface area (Å²) in [5, 5.41) is 6.25. The molecule has 16 heavy (non-hydrogen) atoms. The van der Waals surface area contributed by atoms with E-state index in [-0.39, 0.29) is 17.4 Å². The molecule has 0 aromatic carbocycles. The van der Waals surface area contributed by atoms with E-state index in [0.29, 0.717) is 18.1 Å². The fourth-order valence-corrected chi connectivity index (χ4v) is 1.49. The number of rotatable bonds is 5. The highest BCUT2D eigenvalue weighted by Crippen LogP contribution is 2.03. The van der Waals surface area contributed by atoms with E-state index < -0.39 is 5.92 Å². The Morgan fingerprint density at radius 1 is 1.69 bits per heavy atom. The molecule has 7 heteroatoms. The topological polar surface area (TPSA) is 94.0 Å². The minimum atomic E-state index is -0.445. The van der Waals surface area contributed by atoms with Crippen molar-refractivity contribution in [2.24, 2.45) is 11.7 Å². The van der Waals surface area contributed by atoms with Crippen LogP contribution in [0.2, 0.25) is 0 Å². The third-order valence-corrected chi connectivity index (χ3v) is 2.34. The molecule has 0 saturated heterocycles. The Hall–Kier alpha value is -1.50. The van der Waals surface area contributed by atoms with E-state index in [4.69, 9.17) is 22.5 Å². The quantitative estimate of drug-likeness (QED) is 0.721. The van der Waals surface area contributed by atoms with Gasteiger partial charge in [0.05, 0.1) is 17.5 Å². The van der Waals surface area contributed by atoms with E-state index >= 15 is 0 Å². The molecule has 1 aromatic heterocycles. The molecule has 6 nitrogen and oxygen atoms in total. The fraction of sp³-hybridized carbons (Fsp3) is 0.556. The SMILES string of the molecule is CCC(C(=O)NCc1nc(C)no1)C(N)=S. The van der Waals surface area contributed by atoms with E-state index in [2.05, 4.69) is 15.5 Å². The largest absolute Gasteiger partial charge is 0.393 e. The van der Waals surface area contributed by atoms with E-state index in [1.165, 1.54) is 0 Å². The summed E-state index contributed by atoms with van der Waals surface area (Å²) in [6.45, 7) is 3.75. The second kappa shape index (κ2) is 5.55. The first kappa shape index (κ1) is 12.6. The molecular weight excluding hydrogens is 228 g/mol. The summed E-state index contributed by atoms with van der Waals surface area (Å²) in [6, 6.07) is 0. The zero-order chi connectivity index (χ0) is 12.1. The first-order valence-corrected chi connectivity index (χ1v) is 5.31. The van der Waals surface area contributed by atoms with E-state index in [9.17, 15) is 4.79 Å². The molecule has 88 valence electrons. The van der Waals surface area contributed by atoms with Crippen LogP contribution in [-0.4, -0.2) is 21.0 Å². The van der Waals surface area contributed by atoms with Gasteiger partial charge in [0.25, 0.3) is 0 Å². The van der Waals surface area contributed by atoms with Crippen molar-refractivity contribution in [2.45, 2.75) is 26.8 Å². The van der Waals surface area contributed by atoms with Crippen LogP contribution in [-0.2, 0) is 11.3 Å². The number of amides is 1. The van der Waals surface area contributed by atoms with Gasteiger partial charge in [-0.05, 0) is 13.3 Å². The Labute approximate surface area is 98.6 Å². The van der Waals surface area contributed by atoms with Crippen molar-refractivity contribution in [3.63, 3.8) is 0 Å². The van der Waals surface area contributed by atoms with Crippen LogP contribution in [0.5, 0.6) is 0 Å². The Morgan fingerprint density at radius 2 is 2.38 bits per heavy atom. The fourth-order valence-electron chi connectivity index (χ4n) is 1.21. The van der Waals surface area contributed by atoms with Gasteiger partial charge >= 0.3 is 0 Å². The number of aryl methyl sites for hydroxylation is 1. The third kappa shape index (κ3) is 3.27. The molecule has 0 radical (unpaired) electrons. The van der Waals surface area contributed by atoms with Crippen molar-refractivity contribution in [2.75, 3.05) is 0 Å². The molecule has 1 atom stereocenters. The van der Waals surface area contributed by atoms with Crippen molar-refractivity contribution in [1.82, 2.24) is 15.5 Å². The summed E-state index contributed by atoms with van der Waals surface area (Å²) in [4.78, 5) is 15.8. The van der Waals surface area contributed by atoms with Gasteiger partial charge in [-0.15, -0.1) is 0 Å². The highest BCUT2D eigenvalue weighted by atomic mass is 32.1. The number of nitrogens with zero attached hydrogens (tertiary/aromatic N) is 2. The number of nitrogens with one attached hydrogen (secondary N) is 1. The molecule has 1 heterocycles. The minimum absolute atomic E-state index is 0.193. The van der Waals surface area contributed by atoms with Crippen LogP contribution in [0.15, 0.2) is 4.52 Å². The van der Waals surface area contributed by atoms with Crippen molar-refractivity contribution >= 4 is 23.1 Å². The van der Waals surface area contributed by atoms with Crippen LogP contribution in [0, 0.1) is 12.8 Å². The van der Waals surface area contributed by atoms with Crippen molar-refractivity contribution in [3.05, 3.63) is 11.7 Å². The molecule has 1 unspecified atom stereocenters. The summed E-state index contributed by atoms with van der Waals surface area (Å²) in [7, 11) is 0. The second-order valence-electron chi connectivity index (χ2n) is 3.32. The molecule has 1 rings (SSSR count). The predicted octanol–water partition coefficient (Wildman–Crippen LogP) is 0.307. The van der Waals surface area contributed by atoms with Gasteiger partial charge in [-0.2, -0.15) is 4.98 Å². The van der Waals surface area contributed by atoms with Crippen LogP contribution >= 0.6 is 12.2 Å². The van der Waals surface area contributed by atoms with Crippen molar-refractivity contribution in [1.29, 1.82) is 0 Å². The lowest BCUT2D eigenvalue weighted by atomic mass is 10.1. The number of nitrogens with two attached hydrogens (primary N) is 1. The van der Waals surface area contributed by atoms with Gasteiger partial charge in [-0.25, -0.2) is 0 Å². The van der Waals surface area contributed by atoms with Crippen LogP contribution in [0.1, 0.15) is 25.1 Å². The molecule has 0 aliphatic carbocycles. The summed E-state index contributed by atoms with van der Waals surface area (Å²) in [6.07, 6.45) is 0.573. The Bertz CT molecular complexity index is 391. The maximum absolute atomic E-state index is 11.6. The van der Waals surface area contributed by atoms with Crippen molar-refractivity contribution in [3.8, 4) is 0 Å². The molecule has 0 bridgehead atoms. The summed E-state index contributed by atoms with van der Waals surface area (Å²) in [5.41, 5.74) is 5.44. The summed E-state index contributed by atoms with van der Waals surface area (Å²) in [5.74, 6) is 0.235. The zero-order valence-electron chi connectivity index (χ0n) is 9.19. The number of carbonyl (C=O) groups is 1. The van der Waals surface area contributed by atoms with Gasteiger partial charge in [-0.1, -0.05) is 24.3 Å². The van der Waals surface area contributed by atoms with Gasteiger partial charge in [0, 0.05) is 0 Å². The van der Waals surface area contributed by atoms with Crippen LogP contribution in [0.25, 0.3) is 0 Å². The molecule has 0 aliphatic heterocycles.